The molecule has 6 heteroatoms. The second-order valence-corrected chi connectivity index (χ2v) is 4.02. The normalized spacial score (nSPS) is 10.5. The second kappa shape index (κ2) is 5.14. The summed E-state index contributed by atoms with van der Waals surface area (Å²) in [7, 11) is -2.98. The standard InChI is InChI=1S/C8H10O4S.Na/c1-6-3-7(12-2)5-8(4-6)13(9,10)11;/h3-5H,1-2H3,(H,9,10,11);/q;+1/p-1. The third kappa shape index (κ3) is 3.59. The van der Waals surface area contributed by atoms with Crippen molar-refractivity contribution in [3.05, 3.63) is 23.8 Å². The Morgan fingerprint density at radius 3 is 2.29 bits per heavy atom. The van der Waals surface area contributed by atoms with Crippen LogP contribution >= 0.6 is 0 Å². The zero-order valence-corrected chi connectivity index (χ0v) is 11.1. The van der Waals surface area contributed by atoms with Gasteiger partial charge in [0, 0.05) is 0 Å². The Morgan fingerprint density at radius 1 is 1.29 bits per heavy atom. The molecule has 4 nitrogen and oxygen atoms in total. The zero-order chi connectivity index (χ0) is 10.1. The van der Waals surface area contributed by atoms with Crippen LogP contribution in [0.1, 0.15) is 5.56 Å². The molecule has 0 saturated heterocycles. The van der Waals surface area contributed by atoms with Crippen LogP contribution in [0.4, 0.5) is 0 Å². The average Bonchev–Trinajstić information content (AvgIpc) is 2.01. The van der Waals surface area contributed by atoms with E-state index < -0.39 is 10.1 Å². The number of rotatable bonds is 2. The molecule has 1 rings (SSSR count). The first kappa shape index (κ1) is 13.9. The maximum atomic E-state index is 10.6. The largest absolute Gasteiger partial charge is 1.00 e. The molecule has 1 aromatic carbocycles. The molecular weight excluding hydrogens is 215 g/mol. The molecule has 72 valence electrons. The maximum Gasteiger partial charge on any atom is 1.00 e. The van der Waals surface area contributed by atoms with Gasteiger partial charge in [-0.1, -0.05) is 0 Å². The minimum Gasteiger partial charge on any atom is -0.744 e. The van der Waals surface area contributed by atoms with Gasteiger partial charge in [0.25, 0.3) is 0 Å². The molecule has 0 unspecified atom stereocenters. The number of ether oxygens (including phenoxy) is 1. The molecule has 0 bridgehead atoms. The van der Waals surface area contributed by atoms with E-state index in [0.29, 0.717) is 11.3 Å². The summed E-state index contributed by atoms with van der Waals surface area (Å²) < 4.78 is 36.8. The van der Waals surface area contributed by atoms with E-state index in [9.17, 15) is 13.0 Å². The molecule has 0 aromatic heterocycles. The van der Waals surface area contributed by atoms with Crippen LogP contribution in [-0.4, -0.2) is 20.1 Å². The Balaban J connectivity index is 0.00000169. The molecule has 0 heterocycles. The Kier molecular flexibility index (Phi) is 5.11. The summed E-state index contributed by atoms with van der Waals surface area (Å²) in [5.41, 5.74) is 0.675. The van der Waals surface area contributed by atoms with Gasteiger partial charge < -0.3 is 9.29 Å². The van der Waals surface area contributed by atoms with Gasteiger partial charge >= 0.3 is 29.6 Å². The summed E-state index contributed by atoms with van der Waals surface area (Å²) in [5.74, 6) is 0.370. The van der Waals surface area contributed by atoms with E-state index in [2.05, 4.69) is 0 Å². The summed E-state index contributed by atoms with van der Waals surface area (Å²) in [6.07, 6.45) is 0. The Labute approximate surface area is 105 Å². The van der Waals surface area contributed by atoms with Gasteiger partial charge in [-0.15, -0.1) is 0 Å². The minimum absolute atomic E-state index is 0. The van der Waals surface area contributed by atoms with Crippen molar-refractivity contribution in [1.29, 1.82) is 0 Å². The fourth-order valence-electron chi connectivity index (χ4n) is 0.976. The molecule has 0 aliphatic rings. The van der Waals surface area contributed by atoms with Crippen molar-refractivity contribution < 1.29 is 47.3 Å². The van der Waals surface area contributed by atoms with Gasteiger partial charge in [-0.3, -0.25) is 0 Å². The van der Waals surface area contributed by atoms with E-state index in [1.807, 2.05) is 0 Å². The molecule has 14 heavy (non-hydrogen) atoms. The van der Waals surface area contributed by atoms with Crippen LogP contribution in [-0.2, 0) is 10.1 Å². The predicted molar refractivity (Wildman–Crippen MR) is 45.7 cm³/mol. The summed E-state index contributed by atoms with van der Waals surface area (Å²) in [5, 5.41) is 0. The number of hydrogen-bond donors (Lipinski definition) is 0. The van der Waals surface area contributed by atoms with Crippen molar-refractivity contribution in [2.75, 3.05) is 7.11 Å². The zero-order valence-electron chi connectivity index (χ0n) is 8.27. The van der Waals surface area contributed by atoms with Crippen LogP contribution in [0.5, 0.6) is 5.75 Å². The van der Waals surface area contributed by atoms with Crippen LogP contribution in [0.25, 0.3) is 0 Å². The first-order chi connectivity index (χ1) is 5.93. The Morgan fingerprint density at radius 2 is 1.86 bits per heavy atom. The molecular formula is C8H9NaO4S. The first-order valence-corrected chi connectivity index (χ1v) is 4.96. The molecule has 0 amide bonds. The molecule has 0 N–H and O–H groups in total. The van der Waals surface area contributed by atoms with Crippen LogP contribution in [0.15, 0.2) is 23.1 Å². The van der Waals surface area contributed by atoms with E-state index in [-0.39, 0.29) is 34.5 Å². The van der Waals surface area contributed by atoms with Gasteiger partial charge in [-0.05, 0) is 30.7 Å². The molecule has 0 saturated carbocycles. The summed E-state index contributed by atoms with van der Waals surface area (Å²) in [4.78, 5) is -0.260. The number of hydrogen-bond acceptors (Lipinski definition) is 4. The van der Waals surface area contributed by atoms with E-state index >= 15 is 0 Å². The fourth-order valence-corrected chi connectivity index (χ4v) is 1.57. The number of benzene rings is 1. The molecule has 0 atom stereocenters. The summed E-state index contributed by atoms with van der Waals surface area (Å²) >= 11 is 0. The predicted octanol–water partition coefficient (Wildman–Crippen LogP) is -2.09. The molecule has 0 fully saturated rings. The molecule has 0 aliphatic heterocycles. The van der Waals surface area contributed by atoms with E-state index in [1.54, 1.807) is 13.0 Å². The third-order valence-corrected chi connectivity index (χ3v) is 2.36. The first-order valence-electron chi connectivity index (χ1n) is 3.55. The van der Waals surface area contributed by atoms with Crippen LogP contribution in [0.2, 0.25) is 0 Å². The quantitative estimate of drug-likeness (QED) is 0.427. The van der Waals surface area contributed by atoms with Crippen molar-refractivity contribution in [3.8, 4) is 5.75 Å². The average molecular weight is 224 g/mol. The van der Waals surface area contributed by atoms with E-state index in [1.165, 1.54) is 19.2 Å². The van der Waals surface area contributed by atoms with Crippen molar-refractivity contribution in [1.82, 2.24) is 0 Å². The number of methoxy groups -OCH3 is 1. The molecule has 1 aromatic rings. The molecule has 0 radical (unpaired) electrons. The Hall–Kier alpha value is -0.0700. The van der Waals surface area contributed by atoms with Crippen molar-refractivity contribution in [2.24, 2.45) is 0 Å². The molecule has 0 spiro atoms. The minimum atomic E-state index is -4.39. The van der Waals surface area contributed by atoms with Gasteiger partial charge in [0.15, 0.2) is 0 Å². The summed E-state index contributed by atoms with van der Waals surface area (Å²) in [6.45, 7) is 1.69. The van der Waals surface area contributed by atoms with Gasteiger partial charge in [0.1, 0.15) is 15.9 Å². The van der Waals surface area contributed by atoms with Crippen LogP contribution in [0, 0.1) is 6.92 Å². The van der Waals surface area contributed by atoms with Gasteiger partial charge in [0.2, 0.25) is 0 Å². The topological polar surface area (TPSA) is 66.4 Å². The monoisotopic (exact) mass is 224 g/mol. The van der Waals surface area contributed by atoms with E-state index in [4.69, 9.17) is 4.74 Å². The second-order valence-electron chi connectivity index (χ2n) is 2.64. The summed E-state index contributed by atoms with van der Waals surface area (Å²) in [6, 6.07) is 4.16. The maximum absolute atomic E-state index is 10.6. The van der Waals surface area contributed by atoms with E-state index in [0.717, 1.165) is 0 Å². The molecule has 0 aliphatic carbocycles. The third-order valence-electron chi connectivity index (χ3n) is 1.55. The van der Waals surface area contributed by atoms with Crippen LogP contribution < -0.4 is 34.3 Å². The van der Waals surface area contributed by atoms with Crippen LogP contribution in [0.3, 0.4) is 0 Å². The van der Waals surface area contributed by atoms with Crippen molar-refractivity contribution in [2.45, 2.75) is 11.8 Å². The smallest absolute Gasteiger partial charge is 0.744 e. The van der Waals surface area contributed by atoms with Gasteiger partial charge in [-0.25, -0.2) is 8.42 Å². The van der Waals surface area contributed by atoms with Gasteiger partial charge in [-0.2, -0.15) is 0 Å². The Bertz CT molecular complexity index is 413. The number of aryl methyl sites for hydroxylation is 1. The van der Waals surface area contributed by atoms with Crippen molar-refractivity contribution in [3.63, 3.8) is 0 Å². The van der Waals surface area contributed by atoms with Gasteiger partial charge in [0.05, 0.1) is 12.0 Å². The van der Waals surface area contributed by atoms with Crippen molar-refractivity contribution >= 4 is 10.1 Å². The SMILES string of the molecule is COc1cc(C)cc(S(=O)(=O)[O-])c1.[Na+]. The fraction of sp³-hybridized carbons (Fsp3) is 0.250.